The Labute approximate surface area is 122 Å². The number of urea groups is 1. The summed E-state index contributed by atoms with van der Waals surface area (Å²) in [5, 5.41) is 11.8. The van der Waals surface area contributed by atoms with Crippen molar-refractivity contribution in [3.8, 4) is 0 Å². The Hall–Kier alpha value is -2.57. The average molecular weight is 290 g/mol. The molecule has 1 heterocycles. The first-order valence-corrected chi connectivity index (χ1v) is 6.55. The van der Waals surface area contributed by atoms with E-state index in [2.05, 4.69) is 10.3 Å². The van der Waals surface area contributed by atoms with Crippen LogP contribution < -0.4 is 5.32 Å². The van der Waals surface area contributed by atoms with Crippen molar-refractivity contribution in [2.75, 3.05) is 20.6 Å². The fourth-order valence-electron chi connectivity index (χ4n) is 2.09. The van der Waals surface area contributed by atoms with Gasteiger partial charge in [0.1, 0.15) is 5.82 Å². The summed E-state index contributed by atoms with van der Waals surface area (Å²) in [6, 6.07) is 4.67. The number of aromatic nitrogens is 2. The van der Waals surface area contributed by atoms with Crippen molar-refractivity contribution in [1.82, 2.24) is 19.8 Å². The van der Waals surface area contributed by atoms with Gasteiger partial charge in [-0.1, -0.05) is 0 Å². The summed E-state index contributed by atoms with van der Waals surface area (Å²) < 4.78 is 1.90. The van der Waals surface area contributed by atoms with Crippen LogP contribution in [0.4, 0.5) is 4.79 Å². The summed E-state index contributed by atoms with van der Waals surface area (Å²) in [7, 11) is 3.35. The van der Waals surface area contributed by atoms with Gasteiger partial charge in [0.25, 0.3) is 0 Å². The number of benzene rings is 1. The van der Waals surface area contributed by atoms with Crippen LogP contribution in [0.5, 0.6) is 0 Å². The summed E-state index contributed by atoms with van der Waals surface area (Å²) in [5.74, 6) is -0.185. The van der Waals surface area contributed by atoms with Crippen LogP contribution in [-0.4, -0.2) is 52.2 Å². The zero-order chi connectivity index (χ0) is 15.6. The largest absolute Gasteiger partial charge is 0.478 e. The Morgan fingerprint density at radius 1 is 1.38 bits per heavy atom. The predicted molar refractivity (Wildman–Crippen MR) is 78.5 cm³/mol. The highest BCUT2D eigenvalue weighted by molar-refractivity contribution is 5.92. The molecule has 0 spiro atoms. The molecule has 1 aromatic carbocycles. The number of hydrogen-bond acceptors (Lipinski definition) is 3. The molecule has 0 atom stereocenters. The second-order valence-corrected chi connectivity index (χ2v) is 4.95. The number of rotatable bonds is 4. The Kier molecular flexibility index (Phi) is 4.11. The first kappa shape index (κ1) is 14.8. The number of carboxylic acids is 1. The number of carboxylic acid groups (broad SMARTS) is 1. The van der Waals surface area contributed by atoms with Gasteiger partial charge in [0.05, 0.1) is 16.6 Å². The molecule has 0 saturated heterocycles. The van der Waals surface area contributed by atoms with E-state index in [1.54, 1.807) is 26.2 Å². The molecule has 2 rings (SSSR count). The highest BCUT2D eigenvalue weighted by Crippen LogP contribution is 2.17. The van der Waals surface area contributed by atoms with Crippen molar-refractivity contribution in [3.05, 3.63) is 29.6 Å². The van der Waals surface area contributed by atoms with E-state index in [0.717, 1.165) is 16.9 Å². The molecule has 0 aliphatic rings. The van der Waals surface area contributed by atoms with Crippen LogP contribution in [0.25, 0.3) is 11.0 Å². The third kappa shape index (κ3) is 3.13. The number of fused-ring (bicyclic) bond motifs is 1. The Balaban J connectivity index is 2.22. The minimum Gasteiger partial charge on any atom is -0.478 e. The lowest BCUT2D eigenvalue weighted by Gasteiger charge is -2.13. The van der Waals surface area contributed by atoms with Crippen LogP contribution in [0.15, 0.2) is 18.2 Å². The normalized spacial score (nSPS) is 10.6. The van der Waals surface area contributed by atoms with E-state index in [4.69, 9.17) is 5.11 Å². The summed E-state index contributed by atoms with van der Waals surface area (Å²) in [5.41, 5.74) is 1.73. The maximum Gasteiger partial charge on any atom is 0.335 e. The van der Waals surface area contributed by atoms with E-state index in [-0.39, 0.29) is 11.6 Å². The SMILES string of the molecule is Cc1nc2ccc(C(=O)O)cc2n1CCNC(=O)N(C)C. The van der Waals surface area contributed by atoms with Crippen molar-refractivity contribution in [2.45, 2.75) is 13.5 Å². The van der Waals surface area contributed by atoms with E-state index < -0.39 is 5.97 Å². The molecular weight excluding hydrogens is 272 g/mol. The Morgan fingerprint density at radius 3 is 2.71 bits per heavy atom. The summed E-state index contributed by atoms with van der Waals surface area (Å²) in [6.45, 7) is 2.83. The number of nitrogens with zero attached hydrogens (tertiary/aromatic N) is 3. The molecule has 0 aliphatic carbocycles. The highest BCUT2D eigenvalue weighted by atomic mass is 16.4. The smallest absolute Gasteiger partial charge is 0.335 e. The van der Waals surface area contributed by atoms with E-state index >= 15 is 0 Å². The van der Waals surface area contributed by atoms with Crippen molar-refractivity contribution in [3.63, 3.8) is 0 Å². The number of hydrogen-bond donors (Lipinski definition) is 2. The van der Waals surface area contributed by atoms with Crippen LogP contribution in [0.1, 0.15) is 16.2 Å². The van der Waals surface area contributed by atoms with E-state index in [1.165, 1.54) is 11.0 Å². The van der Waals surface area contributed by atoms with Gasteiger partial charge in [-0.05, 0) is 25.1 Å². The molecule has 2 N–H and O–H groups in total. The first-order valence-electron chi connectivity index (χ1n) is 6.55. The number of aryl methyl sites for hydroxylation is 1. The molecule has 0 saturated carbocycles. The minimum absolute atomic E-state index is 0.164. The van der Waals surface area contributed by atoms with Crippen LogP contribution in [0, 0.1) is 6.92 Å². The van der Waals surface area contributed by atoms with Gasteiger partial charge < -0.3 is 19.9 Å². The molecule has 0 aliphatic heterocycles. The van der Waals surface area contributed by atoms with Crippen LogP contribution in [-0.2, 0) is 6.54 Å². The average Bonchev–Trinajstić information content (AvgIpc) is 2.73. The molecule has 0 bridgehead atoms. The fourth-order valence-corrected chi connectivity index (χ4v) is 2.09. The maximum atomic E-state index is 11.5. The standard InChI is InChI=1S/C14H18N4O3/c1-9-16-11-5-4-10(13(19)20)8-12(11)18(9)7-6-15-14(21)17(2)3/h4-5,8H,6-7H2,1-3H3,(H,15,21)(H,19,20). The summed E-state index contributed by atoms with van der Waals surface area (Å²) in [4.78, 5) is 28.4. The number of nitrogens with one attached hydrogen (secondary N) is 1. The fraction of sp³-hybridized carbons (Fsp3) is 0.357. The molecule has 2 aromatic rings. The zero-order valence-corrected chi connectivity index (χ0v) is 12.3. The lowest BCUT2D eigenvalue weighted by atomic mass is 10.2. The van der Waals surface area contributed by atoms with Gasteiger partial charge in [-0.3, -0.25) is 0 Å². The third-order valence-electron chi connectivity index (χ3n) is 3.20. The van der Waals surface area contributed by atoms with Gasteiger partial charge in [0, 0.05) is 27.2 Å². The van der Waals surface area contributed by atoms with Gasteiger partial charge in [-0.15, -0.1) is 0 Å². The monoisotopic (exact) mass is 290 g/mol. The quantitative estimate of drug-likeness (QED) is 0.889. The summed E-state index contributed by atoms with van der Waals surface area (Å²) in [6.07, 6.45) is 0. The molecule has 0 fully saturated rings. The van der Waals surface area contributed by atoms with E-state index in [9.17, 15) is 9.59 Å². The summed E-state index contributed by atoms with van der Waals surface area (Å²) >= 11 is 0. The number of imidazole rings is 1. The van der Waals surface area contributed by atoms with Crippen molar-refractivity contribution >= 4 is 23.0 Å². The minimum atomic E-state index is -0.969. The van der Waals surface area contributed by atoms with Gasteiger partial charge in [0.2, 0.25) is 0 Å². The van der Waals surface area contributed by atoms with Gasteiger partial charge in [-0.2, -0.15) is 0 Å². The predicted octanol–water partition coefficient (Wildman–Crippen LogP) is 1.31. The highest BCUT2D eigenvalue weighted by Gasteiger charge is 2.11. The van der Waals surface area contributed by atoms with Crippen LogP contribution in [0.2, 0.25) is 0 Å². The van der Waals surface area contributed by atoms with Crippen molar-refractivity contribution in [1.29, 1.82) is 0 Å². The van der Waals surface area contributed by atoms with Gasteiger partial charge in [0.15, 0.2) is 0 Å². The molecule has 1 aromatic heterocycles. The lowest BCUT2D eigenvalue weighted by molar-refractivity contribution is 0.0697. The third-order valence-corrected chi connectivity index (χ3v) is 3.20. The second-order valence-electron chi connectivity index (χ2n) is 4.95. The van der Waals surface area contributed by atoms with E-state index in [0.29, 0.717) is 13.1 Å². The molecule has 2 amide bonds. The lowest BCUT2D eigenvalue weighted by Crippen LogP contribution is -2.36. The molecule has 7 heteroatoms. The number of carbonyl (C=O) groups is 2. The van der Waals surface area contributed by atoms with Crippen LogP contribution in [0.3, 0.4) is 0 Å². The zero-order valence-electron chi connectivity index (χ0n) is 12.3. The van der Waals surface area contributed by atoms with Crippen molar-refractivity contribution < 1.29 is 14.7 Å². The van der Waals surface area contributed by atoms with E-state index in [1.807, 2.05) is 11.5 Å². The molecule has 0 unspecified atom stereocenters. The Morgan fingerprint density at radius 2 is 2.10 bits per heavy atom. The molecule has 0 radical (unpaired) electrons. The maximum absolute atomic E-state index is 11.5. The molecule has 7 nitrogen and oxygen atoms in total. The number of carbonyl (C=O) groups excluding carboxylic acids is 1. The second kappa shape index (κ2) is 5.82. The van der Waals surface area contributed by atoms with Crippen LogP contribution >= 0.6 is 0 Å². The molecule has 21 heavy (non-hydrogen) atoms. The number of aromatic carboxylic acids is 1. The van der Waals surface area contributed by atoms with Crippen molar-refractivity contribution in [2.24, 2.45) is 0 Å². The molecule has 112 valence electrons. The topological polar surface area (TPSA) is 87.5 Å². The number of amides is 2. The molecular formula is C14H18N4O3. The Bertz CT molecular complexity index is 691. The van der Waals surface area contributed by atoms with Gasteiger partial charge in [-0.25, -0.2) is 14.6 Å². The van der Waals surface area contributed by atoms with Gasteiger partial charge >= 0.3 is 12.0 Å². The first-order chi connectivity index (χ1) is 9.90.